The van der Waals surface area contributed by atoms with Crippen LogP contribution in [0.4, 0.5) is 0 Å². The molecule has 1 heteroatoms. The third-order valence-corrected chi connectivity index (χ3v) is 5.01. The molecule has 1 N–H and O–H groups in total. The van der Waals surface area contributed by atoms with Gasteiger partial charge in [0.1, 0.15) is 5.75 Å². The summed E-state index contributed by atoms with van der Waals surface area (Å²) in [6.07, 6.45) is 14.7. The van der Waals surface area contributed by atoms with Crippen molar-refractivity contribution in [3.05, 3.63) is 29.8 Å². The molecule has 1 aliphatic carbocycles. The molecule has 0 heterocycles. The molecule has 0 aromatic heterocycles. The van der Waals surface area contributed by atoms with Crippen LogP contribution in [0.25, 0.3) is 0 Å². The molecule has 1 fully saturated rings. The molecule has 0 bridgehead atoms. The van der Waals surface area contributed by atoms with Crippen molar-refractivity contribution in [2.45, 2.75) is 83.0 Å². The quantitative estimate of drug-likeness (QED) is 0.670. The van der Waals surface area contributed by atoms with Gasteiger partial charge in [-0.25, -0.2) is 0 Å². The lowest BCUT2D eigenvalue weighted by Crippen LogP contribution is -2.22. The van der Waals surface area contributed by atoms with Crippen molar-refractivity contribution in [2.75, 3.05) is 0 Å². The highest BCUT2D eigenvalue weighted by Crippen LogP contribution is 2.39. The maximum atomic E-state index is 10.2. The summed E-state index contributed by atoms with van der Waals surface area (Å²) in [7, 11) is 0. The Morgan fingerprint density at radius 2 is 1.20 bits per heavy atom. The van der Waals surface area contributed by atoms with Gasteiger partial charge in [0.2, 0.25) is 0 Å². The molecular weight excluding hydrogens is 244 g/mol. The fraction of sp³-hybridized carbons (Fsp3) is 0.684. The van der Waals surface area contributed by atoms with Crippen LogP contribution in [0, 0.1) is 0 Å². The van der Waals surface area contributed by atoms with Gasteiger partial charge in [-0.1, -0.05) is 82.9 Å². The van der Waals surface area contributed by atoms with Crippen LogP contribution in [0.3, 0.4) is 0 Å². The molecule has 0 atom stereocenters. The predicted octanol–water partition coefficient (Wildman–Crippen LogP) is 5.95. The van der Waals surface area contributed by atoms with E-state index >= 15 is 0 Å². The normalized spacial score (nSPS) is 21.6. The van der Waals surface area contributed by atoms with Gasteiger partial charge >= 0.3 is 0 Å². The highest BCUT2D eigenvalue weighted by atomic mass is 16.3. The van der Waals surface area contributed by atoms with Crippen LogP contribution in [0.1, 0.15) is 83.1 Å². The van der Waals surface area contributed by atoms with Gasteiger partial charge in [-0.3, -0.25) is 0 Å². The van der Waals surface area contributed by atoms with Crippen LogP contribution in [-0.2, 0) is 5.41 Å². The van der Waals surface area contributed by atoms with Gasteiger partial charge in [-0.2, -0.15) is 0 Å². The summed E-state index contributed by atoms with van der Waals surface area (Å²) < 4.78 is 0. The molecule has 1 aromatic rings. The van der Waals surface area contributed by atoms with Crippen molar-refractivity contribution in [3.8, 4) is 5.75 Å². The zero-order valence-electron chi connectivity index (χ0n) is 13.0. The number of phenols is 1. The summed E-state index contributed by atoms with van der Waals surface area (Å²) in [6.45, 7) is 2.35. The third-order valence-electron chi connectivity index (χ3n) is 5.01. The largest absolute Gasteiger partial charge is 0.508 e. The topological polar surface area (TPSA) is 20.2 Å². The Bertz CT molecular complexity index is 385. The lowest BCUT2D eigenvalue weighted by Gasteiger charge is -2.31. The Kier molecular flexibility index (Phi) is 5.94. The second kappa shape index (κ2) is 7.71. The monoisotopic (exact) mass is 274 g/mol. The Labute approximate surface area is 124 Å². The Balaban J connectivity index is 2.09. The van der Waals surface area contributed by atoms with Crippen LogP contribution in [0.15, 0.2) is 24.3 Å². The van der Waals surface area contributed by atoms with E-state index in [-0.39, 0.29) is 5.41 Å². The van der Waals surface area contributed by atoms with Crippen LogP contribution in [-0.4, -0.2) is 5.11 Å². The highest BCUT2D eigenvalue weighted by molar-refractivity contribution is 5.38. The van der Waals surface area contributed by atoms with E-state index in [4.69, 9.17) is 0 Å². The van der Waals surface area contributed by atoms with Crippen molar-refractivity contribution in [2.24, 2.45) is 0 Å². The molecule has 0 amide bonds. The first-order chi connectivity index (χ1) is 9.72. The molecule has 112 valence electrons. The zero-order chi connectivity index (χ0) is 14.3. The molecule has 0 saturated heterocycles. The van der Waals surface area contributed by atoms with Gasteiger partial charge < -0.3 is 5.11 Å². The average Bonchev–Trinajstić information content (AvgIpc) is 2.43. The van der Waals surface area contributed by atoms with E-state index in [9.17, 15) is 5.11 Å². The van der Waals surface area contributed by atoms with Crippen molar-refractivity contribution in [1.29, 1.82) is 0 Å². The maximum absolute atomic E-state index is 10.2. The number of hydrogen-bond acceptors (Lipinski definition) is 1. The molecule has 0 radical (unpaired) electrons. The molecule has 0 unspecified atom stereocenters. The second-order valence-corrected chi connectivity index (χ2v) is 6.76. The third kappa shape index (κ3) is 4.26. The minimum absolute atomic E-state index is 0.157. The number of benzene rings is 1. The number of rotatable bonds is 1. The van der Waals surface area contributed by atoms with Crippen LogP contribution >= 0.6 is 0 Å². The predicted molar refractivity (Wildman–Crippen MR) is 86.2 cm³/mol. The van der Waals surface area contributed by atoms with Crippen LogP contribution < -0.4 is 0 Å². The number of phenolic OH excluding ortho intramolecular Hbond substituents is 1. The molecule has 1 nitrogen and oxygen atoms in total. The van der Waals surface area contributed by atoms with Gasteiger partial charge in [0.05, 0.1) is 0 Å². The first-order valence-electron chi connectivity index (χ1n) is 8.51. The first kappa shape index (κ1) is 15.4. The van der Waals surface area contributed by atoms with Gasteiger partial charge in [-0.05, 0) is 29.9 Å². The summed E-state index contributed by atoms with van der Waals surface area (Å²) >= 11 is 0. The zero-order valence-corrected chi connectivity index (χ0v) is 13.0. The molecular formula is C19H30O. The van der Waals surface area contributed by atoms with Crippen LogP contribution in [0.5, 0.6) is 5.75 Å². The second-order valence-electron chi connectivity index (χ2n) is 6.76. The average molecular weight is 274 g/mol. The minimum atomic E-state index is 0.157. The van der Waals surface area contributed by atoms with Crippen molar-refractivity contribution in [1.82, 2.24) is 0 Å². The van der Waals surface area contributed by atoms with Gasteiger partial charge in [-0.15, -0.1) is 0 Å². The van der Waals surface area contributed by atoms with Crippen molar-refractivity contribution in [3.63, 3.8) is 0 Å². The Morgan fingerprint density at radius 3 is 1.70 bits per heavy atom. The summed E-state index contributed by atoms with van der Waals surface area (Å²) in [5.74, 6) is 0.488. The Hall–Kier alpha value is -0.980. The van der Waals surface area contributed by atoms with Crippen LogP contribution in [0.2, 0.25) is 0 Å². The number of hydrogen-bond donors (Lipinski definition) is 1. The standard InChI is InChI=1S/C19H30O/c1-19(17-13-9-10-14-18(17)20)15-11-7-5-3-2-4-6-8-12-16-19/h9-10,13-14,20H,2-8,11-12,15-16H2,1H3. The smallest absolute Gasteiger partial charge is 0.119 e. The summed E-state index contributed by atoms with van der Waals surface area (Å²) in [6, 6.07) is 7.96. The maximum Gasteiger partial charge on any atom is 0.119 e. The molecule has 1 saturated carbocycles. The van der Waals surface area contributed by atoms with E-state index in [1.54, 1.807) is 0 Å². The molecule has 1 aliphatic rings. The lowest BCUT2D eigenvalue weighted by atomic mass is 9.73. The number of para-hydroxylation sites is 1. The van der Waals surface area contributed by atoms with Gasteiger partial charge in [0.15, 0.2) is 0 Å². The molecule has 1 aromatic carbocycles. The molecule has 2 rings (SSSR count). The first-order valence-corrected chi connectivity index (χ1v) is 8.51. The van der Waals surface area contributed by atoms with Gasteiger partial charge in [0.25, 0.3) is 0 Å². The molecule has 20 heavy (non-hydrogen) atoms. The van der Waals surface area contributed by atoms with E-state index in [0.717, 1.165) is 5.56 Å². The Morgan fingerprint density at radius 1 is 0.750 bits per heavy atom. The van der Waals surface area contributed by atoms with E-state index in [0.29, 0.717) is 5.75 Å². The SMILES string of the molecule is CC1(c2ccccc2O)CCCCCCCCCCC1. The lowest BCUT2D eigenvalue weighted by molar-refractivity contribution is 0.341. The van der Waals surface area contributed by atoms with Gasteiger partial charge in [0, 0.05) is 0 Å². The fourth-order valence-electron chi connectivity index (χ4n) is 3.65. The summed E-state index contributed by atoms with van der Waals surface area (Å²) in [4.78, 5) is 0. The van der Waals surface area contributed by atoms with E-state index in [1.165, 1.54) is 70.6 Å². The molecule has 0 spiro atoms. The summed E-state index contributed by atoms with van der Waals surface area (Å²) in [5, 5.41) is 10.2. The van der Waals surface area contributed by atoms with E-state index in [2.05, 4.69) is 19.1 Å². The van der Waals surface area contributed by atoms with Crippen molar-refractivity contribution < 1.29 is 5.11 Å². The fourth-order valence-corrected chi connectivity index (χ4v) is 3.65. The highest BCUT2D eigenvalue weighted by Gasteiger charge is 2.28. The molecule has 0 aliphatic heterocycles. The minimum Gasteiger partial charge on any atom is -0.508 e. The van der Waals surface area contributed by atoms with E-state index < -0.39 is 0 Å². The van der Waals surface area contributed by atoms with Crippen molar-refractivity contribution >= 4 is 0 Å². The summed E-state index contributed by atoms with van der Waals surface area (Å²) in [5.41, 5.74) is 1.32. The number of aromatic hydroxyl groups is 1. The van der Waals surface area contributed by atoms with E-state index in [1.807, 2.05) is 12.1 Å².